The molecule has 2 aromatic heterocycles. The van der Waals surface area contributed by atoms with Gasteiger partial charge in [0.15, 0.2) is 11.5 Å². The lowest BCUT2D eigenvalue weighted by Crippen LogP contribution is -2.22. The molecule has 1 aliphatic rings. The van der Waals surface area contributed by atoms with Crippen molar-refractivity contribution in [3.05, 3.63) is 60.9 Å². The van der Waals surface area contributed by atoms with Crippen molar-refractivity contribution in [2.45, 2.75) is 12.5 Å². The summed E-state index contributed by atoms with van der Waals surface area (Å²) in [4.78, 5) is 8.57. The number of H-pyrrole nitrogens is 1. The minimum absolute atomic E-state index is 0.323. The van der Waals surface area contributed by atoms with Crippen LogP contribution in [0.4, 0.5) is 5.82 Å². The number of nitrogens with one attached hydrogen (secondary N) is 3. The molecule has 8 nitrogen and oxygen atoms in total. The molecule has 1 saturated heterocycles. The summed E-state index contributed by atoms with van der Waals surface area (Å²) in [5.74, 6) is 3.33. The second kappa shape index (κ2) is 7.76. The zero-order valence-corrected chi connectivity index (χ0v) is 15.6. The van der Waals surface area contributed by atoms with E-state index < -0.39 is 0 Å². The topological polar surface area (TPSA) is 97.0 Å². The lowest BCUT2D eigenvalue weighted by atomic mass is 10.2. The number of aromatic amines is 1. The number of rotatable bonds is 6. The van der Waals surface area contributed by atoms with Crippen LogP contribution in [-0.4, -0.2) is 39.3 Å². The van der Waals surface area contributed by atoms with Gasteiger partial charge in [-0.05, 0) is 49.4 Å². The average Bonchev–Trinajstić information content (AvgIpc) is 3.41. The maximum absolute atomic E-state index is 6.04. The SMILES string of the molecule is c1ccc(Oc2ccc(Oc3ncnc4[nH]nc(N[C@@H]5CCNC5)c34)cc2)cc1. The highest BCUT2D eigenvalue weighted by Gasteiger charge is 2.20. The molecule has 0 radical (unpaired) electrons. The number of hydrogen-bond donors (Lipinski definition) is 3. The Bertz CT molecular complexity index is 1090. The first-order valence-electron chi connectivity index (χ1n) is 9.52. The fourth-order valence-corrected chi connectivity index (χ4v) is 3.30. The van der Waals surface area contributed by atoms with Crippen LogP contribution >= 0.6 is 0 Å². The molecule has 4 aromatic rings. The average molecular weight is 388 g/mol. The van der Waals surface area contributed by atoms with Crippen LogP contribution in [0.2, 0.25) is 0 Å². The smallest absolute Gasteiger partial charge is 0.235 e. The molecule has 146 valence electrons. The van der Waals surface area contributed by atoms with E-state index in [0.717, 1.165) is 36.4 Å². The van der Waals surface area contributed by atoms with E-state index in [1.54, 1.807) is 0 Å². The molecular formula is C21H20N6O2. The Labute approximate surface area is 167 Å². The van der Waals surface area contributed by atoms with Gasteiger partial charge in [0.1, 0.15) is 29.0 Å². The molecule has 0 saturated carbocycles. The van der Waals surface area contributed by atoms with Gasteiger partial charge >= 0.3 is 0 Å². The lowest BCUT2D eigenvalue weighted by molar-refractivity contribution is 0.460. The molecule has 2 aromatic carbocycles. The molecule has 3 heterocycles. The minimum atomic E-state index is 0.323. The minimum Gasteiger partial charge on any atom is -0.457 e. The second-order valence-electron chi connectivity index (χ2n) is 6.80. The number of nitrogens with zero attached hydrogens (tertiary/aromatic N) is 3. The summed E-state index contributed by atoms with van der Waals surface area (Å²) in [5, 5.41) is 14.8. The fourth-order valence-electron chi connectivity index (χ4n) is 3.30. The Hall–Kier alpha value is -3.65. The van der Waals surface area contributed by atoms with E-state index in [-0.39, 0.29) is 0 Å². The van der Waals surface area contributed by atoms with Crippen molar-refractivity contribution < 1.29 is 9.47 Å². The molecule has 5 rings (SSSR count). The van der Waals surface area contributed by atoms with Crippen LogP contribution in [0.5, 0.6) is 23.1 Å². The largest absolute Gasteiger partial charge is 0.457 e. The highest BCUT2D eigenvalue weighted by molar-refractivity contribution is 5.91. The van der Waals surface area contributed by atoms with Gasteiger partial charge in [0.25, 0.3) is 0 Å². The van der Waals surface area contributed by atoms with Gasteiger partial charge in [-0.2, -0.15) is 5.10 Å². The Morgan fingerprint density at radius 3 is 2.41 bits per heavy atom. The normalized spacial score (nSPS) is 16.1. The maximum Gasteiger partial charge on any atom is 0.235 e. The first-order valence-corrected chi connectivity index (χ1v) is 9.52. The van der Waals surface area contributed by atoms with Crippen LogP contribution in [-0.2, 0) is 0 Å². The van der Waals surface area contributed by atoms with Crippen LogP contribution in [0.1, 0.15) is 6.42 Å². The van der Waals surface area contributed by atoms with Gasteiger partial charge in [0.05, 0.1) is 0 Å². The zero-order chi connectivity index (χ0) is 19.5. The molecule has 1 fully saturated rings. The van der Waals surface area contributed by atoms with Gasteiger partial charge in [0, 0.05) is 12.6 Å². The molecule has 0 bridgehead atoms. The van der Waals surface area contributed by atoms with Gasteiger partial charge in [-0.3, -0.25) is 5.10 Å². The molecule has 29 heavy (non-hydrogen) atoms. The predicted octanol–water partition coefficient (Wildman–Crippen LogP) is 3.71. The quantitative estimate of drug-likeness (QED) is 0.463. The molecule has 1 atom stereocenters. The van der Waals surface area contributed by atoms with Crippen molar-refractivity contribution in [1.82, 2.24) is 25.5 Å². The number of aromatic nitrogens is 4. The van der Waals surface area contributed by atoms with Crippen LogP contribution in [0, 0.1) is 0 Å². The third kappa shape index (κ3) is 3.83. The fraction of sp³-hybridized carbons (Fsp3) is 0.190. The van der Waals surface area contributed by atoms with Crippen molar-refractivity contribution in [1.29, 1.82) is 0 Å². The van der Waals surface area contributed by atoms with Crippen molar-refractivity contribution in [2.75, 3.05) is 18.4 Å². The van der Waals surface area contributed by atoms with Gasteiger partial charge in [-0.15, -0.1) is 0 Å². The molecule has 3 N–H and O–H groups in total. The number of anilines is 1. The van der Waals surface area contributed by atoms with E-state index in [9.17, 15) is 0 Å². The summed E-state index contributed by atoms with van der Waals surface area (Å²) in [6, 6.07) is 17.4. The van der Waals surface area contributed by atoms with Crippen molar-refractivity contribution in [3.8, 4) is 23.1 Å². The van der Waals surface area contributed by atoms with Crippen LogP contribution in [0.25, 0.3) is 11.0 Å². The van der Waals surface area contributed by atoms with Crippen molar-refractivity contribution in [2.24, 2.45) is 0 Å². The molecule has 1 aliphatic heterocycles. The van der Waals surface area contributed by atoms with E-state index >= 15 is 0 Å². The summed E-state index contributed by atoms with van der Waals surface area (Å²) in [6.07, 6.45) is 2.50. The van der Waals surface area contributed by atoms with E-state index in [0.29, 0.717) is 29.1 Å². The summed E-state index contributed by atoms with van der Waals surface area (Å²) < 4.78 is 11.9. The van der Waals surface area contributed by atoms with E-state index in [1.807, 2.05) is 54.6 Å². The van der Waals surface area contributed by atoms with E-state index in [1.165, 1.54) is 6.33 Å². The van der Waals surface area contributed by atoms with Crippen molar-refractivity contribution in [3.63, 3.8) is 0 Å². The number of fused-ring (bicyclic) bond motifs is 1. The number of hydrogen-bond acceptors (Lipinski definition) is 7. The second-order valence-corrected chi connectivity index (χ2v) is 6.80. The number of benzene rings is 2. The first-order chi connectivity index (χ1) is 14.3. The number of para-hydroxylation sites is 1. The molecule has 0 spiro atoms. The van der Waals surface area contributed by atoms with Crippen molar-refractivity contribution >= 4 is 16.9 Å². The van der Waals surface area contributed by atoms with E-state index in [2.05, 4.69) is 30.8 Å². The van der Waals surface area contributed by atoms with Gasteiger partial charge < -0.3 is 20.1 Å². The first kappa shape index (κ1) is 17.4. The Morgan fingerprint density at radius 1 is 0.897 bits per heavy atom. The van der Waals surface area contributed by atoms with Gasteiger partial charge in [0.2, 0.25) is 5.88 Å². The van der Waals surface area contributed by atoms with Crippen LogP contribution < -0.4 is 20.1 Å². The standard InChI is InChI=1S/C21H20N6O2/c1-2-4-15(5-3-1)28-16-6-8-17(9-7-16)29-21-18-19(23-13-24-21)26-27-20(18)25-14-10-11-22-12-14/h1-9,13-14,22H,10-12H2,(H2,23,24,25,26,27)/t14-/m1/s1. The number of ether oxygens (including phenoxy) is 2. The third-order valence-electron chi connectivity index (χ3n) is 4.74. The molecule has 8 heteroatoms. The molecular weight excluding hydrogens is 368 g/mol. The van der Waals surface area contributed by atoms with E-state index in [4.69, 9.17) is 9.47 Å². The molecule has 0 aliphatic carbocycles. The summed E-state index contributed by atoms with van der Waals surface area (Å²) in [7, 11) is 0. The Kier molecular flexibility index (Phi) is 4.67. The lowest BCUT2D eigenvalue weighted by Gasteiger charge is -2.12. The summed E-state index contributed by atoms with van der Waals surface area (Å²) in [6.45, 7) is 1.90. The third-order valence-corrected chi connectivity index (χ3v) is 4.74. The highest BCUT2D eigenvalue weighted by atomic mass is 16.5. The highest BCUT2D eigenvalue weighted by Crippen LogP contribution is 2.32. The predicted molar refractivity (Wildman–Crippen MR) is 110 cm³/mol. The summed E-state index contributed by atoms with van der Waals surface area (Å²) >= 11 is 0. The van der Waals surface area contributed by atoms with Crippen LogP contribution in [0.15, 0.2) is 60.9 Å². The van der Waals surface area contributed by atoms with Gasteiger partial charge in [-0.25, -0.2) is 9.97 Å². The molecule has 0 amide bonds. The zero-order valence-electron chi connectivity index (χ0n) is 15.6. The monoisotopic (exact) mass is 388 g/mol. The van der Waals surface area contributed by atoms with Crippen LogP contribution in [0.3, 0.4) is 0 Å². The Balaban J connectivity index is 1.36. The molecule has 0 unspecified atom stereocenters. The van der Waals surface area contributed by atoms with Gasteiger partial charge in [-0.1, -0.05) is 18.2 Å². The maximum atomic E-state index is 6.04. The summed E-state index contributed by atoms with van der Waals surface area (Å²) in [5.41, 5.74) is 0.632. The Morgan fingerprint density at radius 2 is 1.66 bits per heavy atom.